The SMILES string of the molecule is CCOC(=O)c1nn(-c2ccc(C)cc2)c(=O)cc1OS(=O)(=O)c1cc(C)c(C)cc1OC. The Morgan fingerprint density at radius 3 is 2.24 bits per heavy atom. The van der Waals surface area contributed by atoms with Crippen molar-refractivity contribution < 1.29 is 26.9 Å². The molecular formula is C23H24N2O7S. The summed E-state index contributed by atoms with van der Waals surface area (Å²) in [5.41, 5.74) is 1.72. The van der Waals surface area contributed by atoms with Gasteiger partial charge < -0.3 is 13.7 Å². The highest BCUT2D eigenvalue weighted by atomic mass is 32.2. The number of carbonyl (C=O) groups excluding carboxylic acids is 1. The first-order valence-electron chi connectivity index (χ1n) is 10.1. The van der Waals surface area contributed by atoms with Crippen LogP contribution in [-0.2, 0) is 14.9 Å². The Labute approximate surface area is 191 Å². The van der Waals surface area contributed by atoms with Crippen molar-refractivity contribution >= 4 is 16.1 Å². The smallest absolute Gasteiger partial charge is 0.362 e. The second-order valence-electron chi connectivity index (χ2n) is 7.29. The second-order valence-corrected chi connectivity index (χ2v) is 8.80. The number of nitrogens with zero attached hydrogens (tertiary/aromatic N) is 2. The van der Waals surface area contributed by atoms with Crippen molar-refractivity contribution in [2.24, 2.45) is 0 Å². The first kappa shape index (κ1) is 24.0. The summed E-state index contributed by atoms with van der Waals surface area (Å²) in [5, 5.41) is 4.05. The van der Waals surface area contributed by atoms with Crippen LogP contribution in [0.25, 0.3) is 5.69 Å². The third-order valence-corrected chi connectivity index (χ3v) is 6.15. The van der Waals surface area contributed by atoms with Crippen molar-refractivity contribution in [2.75, 3.05) is 13.7 Å². The number of aryl methyl sites for hydroxylation is 3. The maximum atomic E-state index is 13.1. The van der Waals surface area contributed by atoms with E-state index in [1.54, 1.807) is 44.2 Å². The molecular weight excluding hydrogens is 448 g/mol. The summed E-state index contributed by atoms with van der Waals surface area (Å²) >= 11 is 0. The monoisotopic (exact) mass is 472 g/mol. The average Bonchev–Trinajstić information content (AvgIpc) is 2.76. The van der Waals surface area contributed by atoms with E-state index in [0.717, 1.165) is 21.9 Å². The van der Waals surface area contributed by atoms with Crippen molar-refractivity contribution in [2.45, 2.75) is 32.6 Å². The van der Waals surface area contributed by atoms with Crippen molar-refractivity contribution in [3.8, 4) is 17.2 Å². The average molecular weight is 473 g/mol. The van der Waals surface area contributed by atoms with Crippen LogP contribution in [0, 0.1) is 20.8 Å². The Hall–Kier alpha value is -3.66. The van der Waals surface area contributed by atoms with Crippen molar-refractivity contribution in [3.05, 3.63) is 75.2 Å². The fourth-order valence-electron chi connectivity index (χ4n) is 3.00. The van der Waals surface area contributed by atoms with Gasteiger partial charge in [-0.1, -0.05) is 17.7 Å². The van der Waals surface area contributed by atoms with Gasteiger partial charge in [-0.15, -0.1) is 0 Å². The molecule has 0 radical (unpaired) electrons. The van der Waals surface area contributed by atoms with E-state index >= 15 is 0 Å². The van der Waals surface area contributed by atoms with Crippen LogP contribution in [0.15, 0.2) is 52.2 Å². The minimum absolute atomic E-state index is 0.0152. The molecule has 0 saturated heterocycles. The summed E-state index contributed by atoms with van der Waals surface area (Å²) in [6.07, 6.45) is 0. The summed E-state index contributed by atoms with van der Waals surface area (Å²) in [5.74, 6) is -1.41. The summed E-state index contributed by atoms with van der Waals surface area (Å²) in [4.78, 5) is 25.1. The Bertz CT molecular complexity index is 1360. The van der Waals surface area contributed by atoms with Gasteiger partial charge in [0.05, 0.1) is 25.5 Å². The molecule has 3 aromatic rings. The third-order valence-electron chi connectivity index (χ3n) is 4.89. The van der Waals surface area contributed by atoms with E-state index in [2.05, 4.69) is 5.10 Å². The largest absolute Gasteiger partial charge is 0.495 e. The van der Waals surface area contributed by atoms with Gasteiger partial charge >= 0.3 is 16.1 Å². The lowest BCUT2D eigenvalue weighted by molar-refractivity contribution is 0.0515. The van der Waals surface area contributed by atoms with Gasteiger partial charge in [0.2, 0.25) is 5.69 Å². The fraction of sp³-hybridized carbons (Fsp3) is 0.261. The molecule has 0 fully saturated rings. The van der Waals surface area contributed by atoms with E-state index in [9.17, 15) is 18.0 Å². The molecule has 2 aromatic carbocycles. The number of benzene rings is 2. The maximum Gasteiger partial charge on any atom is 0.362 e. The number of ether oxygens (including phenoxy) is 2. The number of rotatable bonds is 7. The molecule has 0 saturated carbocycles. The third kappa shape index (κ3) is 5.06. The lowest BCUT2D eigenvalue weighted by Gasteiger charge is -2.15. The zero-order valence-electron chi connectivity index (χ0n) is 18.9. The zero-order valence-corrected chi connectivity index (χ0v) is 19.7. The van der Waals surface area contributed by atoms with Crippen LogP contribution in [0.2, 0.25) is 0 Å². The van der Waals surface area contributed by atoms with Gasteiger partial charge in [0, 0.05) is 0 Å². The number of aromatic nitrogens is 2. The number of esters is 1. The van der Waals surface area contributed by atoms with Crippen molar-refractivity contribution in [1.29, 1.82) is 0 Å². The predicted octanol–water partition coefficient (Wildman–Crippen LogP) is 3.11. The molecule has 0 aliphatic rings. The Balaban J connectivity index is 2.15. The topological polar surface area (TPSA) is 114 Å². The molecule has 1 aromatic heterocycles. The molecule has 0 bridgehead atoms. The molecule has 1 heterocycles. The first-order chi connectivity index (χ1) is 15.6. The summed E-state index contributed by atoms with van der Waals surface area (Å²) in [6.45, 7) is 7.03. The normalized spacial score (nSPS) is 11.2. The lowest BCUT2D eigenvalue weighted by atomic mass is 10.1. The molecule has 174 valence electrons. The highest BCUT2D eigenvalue weighted by Gasteiger charge is 2.28. The predicted molar refractivity (Wildman–Crippen MR) is 121 cm³/mol. The highest BCUT2D eigenvalue weighted by molar-refractivity contribution is 7.87. The van der Waals surface area contributed by atoms with Gasteiger partial charge in [-0.3, -0.25) is 4.79 Å². The molecule has 0 aliphatic heterocycles. The van der Waals surface area contributed by atoms with Gasteiger partial charge in [-0.25, -0.2) is 4.79 Å². The van der Waals surface area contributed by atoms with E-state index in [0.29, 0.717) is 11.3 Å². The number of hydrogen-bond donors (Lipinski definition) is 0. The van der Waals surface area contributed by atoms with Gasteiger partial charge in [-0.2, -0.15) is 18.2 Å². The maximum absolute atomic E-state index is 13.1. The van der Waals surface area contributed by atoms with Gasteiger partial charge in [-0.05, 0) is 63.1 Å². The number of carbonyl (C=O) groups is 1. The Kier molecular flexibility index (Phi) is 6.87. The first-order valence-corrected chi connectivity index (χ1v) is 11.5. The van der Waals surface area contributed by atoms with E-state index in [1.807, 2.05) is 13.8 Å². The molecule has 3 rings (SSSR count). The Morgan fingerprint density at radius 2 is 1.64 bits per heavy atom. The fourth-order valence-corrected chi connectivity index (χ4v) is 4.16. The molecule has 0 aliphatic carbocycles. The quantitative estimate of drug-likeness (QED) is 0.381. The van der Waals surface area contributed by atoms with Crippen LogP contribution >= 0.6 is 0 Å². The van der Waals surface area contributed by atoms with E-state index in [4.69, 9.17) is 13.7 Å². The molecule has 0 amide bonds. The summed E-state index contributed by atoms with van der Waals surface area (Å²) < 4.78 is 42.6. The van der Waals surface area contributed by atoms with E-state index in [1.165, 1.54) is 13.2 Å². The zero-order chi connectivity index (χ0) is 24.3. The minimum atomic E-state index is -4.49. The number of methoxy groups -OCH3 is 1. The van der Waals surface area contributed by atoms with Crippen LogP contribution < -0.4 is 14.5 Å². The molecule has 9 nitrogen and oxygen atoms in total. The summed E-state index contributed by atoms with van der Waals surface area (Å²) in [6, 6.07) is 10.7. The van der Waals surface area contributed by atoms with Gasteiger partial charge in [0.1, 0.15) is 10.6 Å². The molecule has 33 heavy (non-hydrogen) atoms. The lowest BCUT2D eigenvalue weighted by Crippen LogP contribution is -2.26. The minimum Gasteiger partial charge on any atom is -0.495 e. The molecule has 0 atom stereocenters. The van der Waals surface area contributed by atoms with Crippen LogP contribution in [0.1, 0.15) is 34.1 Å². The van der Waals surface area contributed by atoms with Crippen molar-refractivity contribution in [1.82, 2.24) is 9.78 Å². The Morgan fingerprint density at radius 1 is 1.00 bits per heavy atom. The standard InChI is InChI=1S/C23H24N2O7S/c1-6-31-23(27)22-19(13-21(26)25(24-22)17-9-7-14(2)8-10-17)32-33(28,29)20-12-16(4)15(3)11-18(20)30-5/h7-13H,6H2,1-5H3. The highest BCUT2D eigenvalue weighted by Crippen LogP contribution is 2.30. The van der Waals surface area contributed by atoms with Crippen LogP contribution in [0.5, 0.6) is 11.5 Å². The van der Waals surface area contributed by atoms with Gasteiger partial charge in [0.25, 0.3) is 5.56 Å². The van der Waals surface area contributed by atoms with Crippen LogP contribution in [0.3, 0.4) is 0 Å². The summed E-state index contributed by atoms with van der Waals surface area (Å²) in [7, 11) is -3.16. The molecule has 0 spiro atoms. The van der Waals surface area contributed by atoms with Crippen LogP contribution in [-0.4, -0.2) is 37.9 Å². The van der Waals surface area contributed by atoms with Gasteiger partial charge in [0.15, 0.2) is 5.75 Å². The van der Waals surface area contributed by atoms with E-state index < -0.39 is 33.1 Å². The van der Waals surface area contributed by atoms with Crippen molar-refractivity contribution in [3.63, 3.8) is 0 Å². The molecule has 0 unspecified atom stereocenters. The molecule has 0 N–H and O–H groups in total. The van der Waals surface area contributed by atoms with E-state index in [-0.39, 0.29) is 17.3 Å². The molecule has 10 heteroatoms. The number of hydrogen-bond acceptors (Lipinski definition) is 8. The van der Waals surface area contributed by atoms with Crippen LogP contribution in [0.4, 0.5) is 0 Å². The second kappa shape index (κ2) is 9.45.